The number of methoxy groups -OCH3 is 1. The highest BCUT2D eigenvalue weighted by Gasteiger charge is 2.10. The second-order valence-corrected chi connectivity index (χ2v) is 4.72. The van der Waals surface area contributed by atoms with Crippen molar-refractivity contribution in [3.8, 4) is 17.2 Å². The quantitative estimate of drug-likeness (QED) is 0.874. The predicted octanol–water partition coefficient (Wildman–Crippen LogP) is 3.91. The van der Waals surface area contributed by atoms with Gasteiger partial charge >= 0.3 is 0 Å². The molecule has 0 aliphatic heterocycles. The highest BCUT2D eigenvalue weighted by molar-refractivity contribution is 5.47. The largest absolute Gasteiger partial charge is 0.493 e. The van der Waals surface area contributed by atoms with Crippen molar-refractivity contribution in [2.45, 2.75) is 19.9 Å². The van der Waals surface area contributed by atoms with E-state index in [2.05, 4.69) is 12.2 Å². The zero-order valence-corrected chi connectivity index (χ0v) is 12.6. The SMILES string of the molecule is CCc1ccc(Oc2ccc(F)cc2CNC)c(OC)c1. The van der Waals surface area contributed by atoms with Gasteiger partial charge in [-0.05, 0) is 49.4 Å². The van der Waals surface area contributed by atoms with Gasteiger partial charge in [-0.3, -0.25) is 0 Å². The Morgan fingerprint density at radius 2 is 1.81 bits per heavy atom. The summed E-state index contributed by atoms with van der Waals surface area (Å²) in [6.07, 6.45) is 0.929. The molecule has 0 saturated carbocycles. The minimum Gasteiger partial charge on any atom is -0.493 e. The molecule has 2 aromatic rings. The van der Waals surface area contributed by atoms with Gasteiger partial charge in [-0.15, -0.1) is 0 Å². The van der Waals surface area contributed by atoms with E-state index in [1.807, 2.05) is 25.2 Å². The molecule has 112 valence electrons. The fourth-order valence-electron chi connectivity index (χ4n) is 2.11. The molecule has 0 spiro atoms. The molecule has 0 atom stereocenters. The van der Waals surface area contributed by atoms with Gasteiger partial charge in [-0.1, -0.05) is 13.0 Å². The van der Waals surface area contributed by atoms with E-state index >= 15 is 0 Å². The molecule has 0 unspecified atom stereocenters. The van der Waals surface area contributed by atoms with E-state index in [0.29, 0.717) is 23.8 Å². The fourth-order valence-corrected chi connectivity index (χ4v) is 2.11. The minimum absolute atomic E-state index is 0.277. The summed E-state index contributed by atoms with van der Waals surface area (Å²) in [5.41, 5.74) is 1.94. The Morgan fingerprint density at radius 3 is 2.48 bits per heavy atom. The summed E-state index contributed by atoms with van der Waals surface area (Å²) in [5.74, 6) is 1.64. The molecular formula is C17H20FNO2. The van der Waals surface area contributed by atoms with Crippen molar-refractivity contribution < 1.29 is 13.9 Å². The van der Waals surface area contributed by atoms with Gasteiger partial charge < -0.3 is 14.8 Å². The lowest BCUT2D eigenvalue weighted by molar-refractivity contribution is 0.376. The van der Waals surface area contributed by atoms with Gasteiger partial charge in [0, 0.05) is 12.1 Å². The smallest absolute Gasteiger partial charge is 0.169 e. The van der Waals surface area contributed by atoms with Crippen molar-refractivity contribution in [3.63, 3.8) is 0 Å². The van der Waals surface area contributed by atoms with Gasteiger partial charge in [0.25, 0.3) is 0 Å². The second kappa shape index (κ2) is 7.09. The molecule has 0 heterocycles. The van der Waals surface area contributed by atoms with E-state index in [1.165, 1.54) is 17.7 Å². The Bertz CT molecular complexity index is 614. The monoisotopic (exact) mass is 289 g/mol. The number of hydrogen-bond donors (Lipinski definition) is 1. The molecule has 21 heavy (non-hydrogen) atoms. The van der Waals surface area contributed by atoms with Crippen LogP contribution in [0.25, 0.3) is 0 Å². The van der Waals surface area contributed by atoms with Crippen LogP contribution in [0, 0.1) is 5.82 Å². The summed E-state index contributed by atoms with van der Waals surface area (Å²) in [6, 6.07) is 10.3. The van der Waals surface area contributed by atoms with Crippen molar-refractivity contribution >= 4 is 0 Å². The number of benzene rings is 2. The summed E-state index contributed by atoms with van der Waals surface area (Å²) < 4.78 is 24.6. The Morgan fingerprint density at radius 1 is 1.05 bits per heavy atom. The van der Waals surface area contributed by atoms with Gasteiger partial charge in [0.2, 0.25) is 0 Å². The topological polar surface area (TPSA) is 30.5 Å². The summed E-state index contributed by atoms with van der Waals surface area (Å²) in [7, 11) is 3.42. The zero-order chi connectivity index (χ0) is 15.2. The summed E-state index contributed by atoms with van der Waals surface area (Å²) in [4.78, 5) is 0. The van der Waals surface area contributed by atoms with Crippen LogP contribution in [0.15, 0.2) is 36.4 Å². The molecule has 4 heteroatoms. The van der Waals surface area contributed by atoms with E-state index in [9.17, 15) is 4.39 Å². The Kier molecular flexibility index (Phi) is 5.17. The molecule has 0 radical (unpaired) electrons. The molecule has 0 amide bonds. The molecule has 2 rings (SSSR count). The van der Waals surface area contributed by atoms with Crippen molar-refractivity contribution in [1.82, 2.24) is 5.32 Å². The highest BCUT2D eigenvalue weighted by Crippen LogP contribution is 2.34. The molecule has 0 bridgehead atoms. The first-order chi connectivity index (χ1) is 10.2. The van der Waals surface area contributed by atoms with Crippen LogP contribution in [0.3, 0.4) is 0 Å². The van der Waals surface area contributed by atoms with Crippen LogP contribution in [0.1, 0.15) is 18.1 Å². The molecule has 1 N–H and O–H groups in total. The maximum atomic E-state index is 13.3. The van der Waals surface area contributed by atoms with Crippen molar-refractivity contribution in [1.29, 1.82) is 0 Å². The maximum Gasteiger partial charge on any atom is 0.169 e. The summed E-state index contributed by atoms with van der Waals surface area (Å²) >= 11 is 0. The van der Waals surface area contributed by atoms with Gasteiger partial charge in [-0.2, -0.15) is 0 Å². The van der Waals surface area contributed by atoms with Crippen molar-refractivity contribution in [3.05, 3.63) is 53.3 Å². The maximum absolute atomic E-state index is 13.3. The van der Waals surface area contributed by atoms with E-state index in [4.69, 9.17) is 9.47 Å². The Balaban J connectivity index is 2.33. The second-order valence-electron chi connectivity index (χ2n) is 4.72. The first-order valence-corrected chi connectivity index (χ1v) is 6.95. The molecule has 3 nitrogen and oxygen atoms in total. The molecule has 0 fully saturated rings. The molecular weight excluding hydrogens is 269 g/mol. The molecule has 0 aliphatic carbocycles. The van der Waals surface area contributed by atoms with Crippen LogP contribution < -0.4 is 14.8 Å². The highest BCUT2D eigenvalue weighted by atomic mass is 19.1. The van der Waals surface area contributed by atoms with Crippen LogP contribution in [0.5, 0.6) is 17.2 Å². The van der Waals surface area contributed by atoms with Gasteiger partial charge in [0.15, 0.2) is 11.5 Å². The lowest BCUT2D eigenvalue weighted by Crippen LogP contribution is -2.07. The van der Waals surface area contributed by atoms with Crippen LogP contribution in [-0.4, -0.2) is 14.2 Å². The predicted molar refractivity (Wildman–Crippen MR) is 81.6 cm³/mol. The van der Waals surface area contributed by atoms with Crippen LogP contribution in [-0.2, 0) is 13.0 Å². The standard InChI is InChI=1S/C17H20FNO2/c1-4-12-5-7-16(17(9-12)20-3)21-15-8-6-14(18)10-13(15)11-19-2/h5-10,19H,4,11H2,1-3H3. The van der Waals surface area contributed by atoms with Crippen LogP contribution >= 0.6 is 0 Å². The van der Waals surface area contributed by atoms with Gasteiger partial charge in [0.05, 0.1) is 7.11 Å². The average Bonchev–Trinajstić information content (AvgIpc) is 2.50. The van der Waals surface area contributed by atoms with Gasteiger partial charge in [-0.25, -0.2) is 4.39 Å². The normalized spacial score (nSPS) is 10.5. The van der Waals surface area contributed by atoms with E-state index < -0.39 is 0 Å². The summed E-state index contributed by atoms with van der Waals surface area (Å²) in [5, 5.41) is 3.01. The third-order valence-electron chi connectivity index (χ3n) is 3.25. The number of hydrogen-bond acceptors (Lipinski definition) is 3. The lowest BCUT2D eigenvalue weighted by Gasteiger charge is -2.14. The van der Waals surface area contributed by atoms with Gasteiger partial charge in [0.1, 0.15) is 11.6 Å². The third kappa shape index (κ3) is 3.73. The molecule has 0 aromatic heterocycles. The lowest BCUT2D eigenvalue weighted by atomic mass is 10.1. The number of rotatable bonds is 6. The van der Waals surface area contributed by atoms with E-state index in [1.54, 1.807) is 13.2 Å². The number of nitrogens with one attached hydrogen (secondary N) is 1. The number of ether oxygens (including phenoxy) is 2. The zero-order valence-electron chi connectivity index (χ0n) is 12.6. The summed E-state index contributed by atoms with van der Waals surface area (Å²) in [6.45, 7) is 2.61. The molecule has 0 saturated heterocycles. The van der Waals surface area contributed by atoms with E-state index in [0.717, 1.165) is 12.0 Å². The first kappa shape index (κ1) is 15.3. The Labute approximate surface area is 124 Å². The van der Waals surface area contributed by atoms with Crippen molar-refractivity contribution in [2.24, 2.45) is 0 Å². The fraction of sp³-hybridized carbons (Fsp3) is 0.294. The van der Waals surface area contributed by atoms with E-state index in [-0.39, 0.29) is 5.82 Å². The van der Waals surface area contributed by atoms with Crippen molar-refractivity contribution in [2.75, 3.05) is 14.2 Å². The average molecular weight is 289 g/mol. The molecule has 2 aromatic carbocycles. The first-order valence-electron chi connectivity index (χ1n) is 6.95. The minimum atomic E-state index is -0.277. The number of halogens is 1. The molecule has 0 aliphatic rings. The van der Waals surface area contributed by atoms with Crippen LogP contribution in [0.2, 0.25) is 0 Å². The Hall–Kier alpha value is -2.07. The number of aryl methyl sites for hydroxylation is 1. The third-order valence-corrected chi connectivity index (χ3v) is 3.25. The van der Waals surface area contributed by atoms with Crippen LogP contribution in [0.4, 0.5) is 4.39 Å².